The monoisotopic (exact) mass is 378 g/mol. The van der Waals surface area contributed by atoms with Gasteiger partial charge in [0.2, 0.25) is 15.9 Å². The Bertz CT molecular complexity index is 775. The number of aryl methyl sites for hydroxylation is 2. The van der Waals surface area contributed by atoms with Crippen molar-refractivity contribution in [3.63, 3.8) is 0 Å². The topological polar surface area (TPSA) is 66.5 Å². The minimum Gasteiger partial charge on any atom is -0.353 e. The molecule has 2 aliphatic carbocycles. The molecule has 0 aliphatic heterocycles. The second kappa shape index (κ2) is 7.59. The van der Waals surface area contributed by atoms with Crippen LogP contribution in [0, 0.1) is 25.7 Å². The Balaban J connectivity index is 1.54. The van der Waals surface area contributed by atoms with E-state index in [0.29, 0.717) is 37.0 Å². The molecule has 6 heteroatoms. The third-order valence-electron chi connectivity index (χ3n) is 6.03. The summed E-state index contributed by atoms with van der Waals surface area (Å²) in [6.45, 7) is 4.30. The van der Waals surface area contributed by atoms with Crippen molar-refractivity contribution >= 4 is 21.6 Å². The van der Waals surface area contributed by atoms with Gasteiger partial charge in [-0.2, -0.15) is 0 Å². The fraction of sp³-hybridized carbons (Fsp3) is 0.650. The standard InChI is InChI=1S/C20H30N2O3S/c1-14-6-9-18(11-15(14)2)22(26(3,24)25)10-4-5-20(23)21-19-13-16-7-8-17(19)12-16/h6,9,11,16-17,19H,4-5,7-8,10,12-13H2,1-3H3,(H,21,23)/t16-,17-,19+/m0/s1. The molecule has 0 radical (unpaired) electrons. The fourth-order valence-corrected chi connectivity index (χ4v) is 5.41. The molecule has 0 heterocycles. The molecule has 3 atom stereocenters. The Morgan fingerprint density at radius 2 is 1.96 bits per heavy atom. The summed E-state index contributed by atoms with van der Waals surface area (Å²) in [6, 6.07) is 6.00. The first-order chi connectivity index (χ1) is 12.2. The van der Waals surface area contributed by atoms with Crippen LogP contribution in [-0.4, -0.2) is 33.2 Å². The average Bonchev–Trinajstić information content (AvgIpc) is 3.16. The first-order valence-electron chi connectivity index (χ1n) is 9.58. The lowest BCUT2D eigenvalue weighted by molar-refractivity contribution is -0.122. The van der Waals surface area contributed by atoms with Gasteiger partial charge < -0.3 is 5.32 Å². The van der Waals surface area contributed by atoms with E-state index in [9.17, 15) is 13.2 Å². The molecule has 144 valence electrons. The van der Waals surface area contributed by atoms with Crippen molar-refractivity contribution in [2.75, 3.05) is 17.1 Å². The maximum Gasteiger partial charge on any atom is 0.232 e. The van der Waals surface area contributed by atoms with Crippen LogP contribution in [0.15, 0.2) is 18.2 Å². The summed E-state index contributed by atoms with van der Waals surface area (Å²) < 4.78 is 25.8. The molecule has 1 aromatic carbocycles. The van der Waals surface area contributed by atoms with Gasteiger partial charge in [0.25, 0.3) is 0 Å². The third kappa shape index (κ3) is 4.40. The largest absolute Gasteiger partial charge is 0.353 e. The zero-order valence-electron chi connectivity index (χ0n) is 16.0. The maximum atomic E-state index is 12.3. The van der Waals surface area contributed by atoms with Gasteiger partial charge in [-0.15, -0.1) is 0 Å². The lowest BCUT2D eigenvalue weighted by atomic mass is 9.95. The van der Waals surface area contributed by atoms with Gasteiger partial charge in [-0.1, -0.05) is 12.5 Å². The minimum atomic E-state index is -3.37. The number of fused-ring (bicyclic) bond motifs is 2. The van der Waals surface area contributed by atoms with Crippen LogP contribution in [0.1, 0.15) is 49.7 Å². The molecular weight excluding hydrogens is 348 g/mol. The smallest absolute Gasteiger partial charge is 0.232 e. The van der Waals surface area contributed by atoms with Crippen LogP contribution in [0.3, 0.4) is 0 Å². The van der Waals surface area contributed by atoms with E-state index in [1.165, 1.54) is 29.8 Å². The van der Waals surface area contributed by atoms with Gasteiger partial charge >= 0.3 is 0 Å². The average molecular weight is 379 g/mol. The number of benzene rings is 1. The van der Waals surface area contributed by atoms with Crippen molar-refractivity contribution in [3.05, 3.63) is 29.3 Å². The van der Waals surface area contributed by atoms with Crippen molar-refractivity contribution in [2.45, 2.75) is 58.4 Å². The number of hydrogen-bond donors (Lipinski definition) is 1. The predicted octanol–water partition coefficient (Wildman–Crippen LogP) is 3.15. The molecule has 0 unspecified atom stereocenters. The number of amides is 1. The highest BCUT2D eigenvalue weighted by Crippen LogP contribution is 2.44. The predicted molar refractivity (Wildman–Crippen MR) is 105 cm³/mol. The first-order valence-corrected chi connectivity index (χ1v) is 11.4. The molecule has 1 amide bonds. The zero-order chi connectivity index (χ0) is 18.9. The highest BCUT2D eigenvalue weighted by molar-refractivity contribution is 7.92. The van der Waals surface area contributed by atoms with E-state index in [0.717, 1.165) is 23.5 Å². The number of nitrogens with one attached hydrogen (secondary N) is 1. The summed E-state index contributed by atoms with van der Waals surface area (Å²) in [6.07, 6.45) is 7.05. The van der Waals surface area contributed by atoms with Crippen LogP contribution < -0.4 is 9.62 Å². The molecule has 0 spiro atoms. The Labute approximate surface area is 157 Å². The molecule has 2 bridgehead atoms. The number of carbonyl (C=O) groups excluding carboxylic acids is 1. The quantitative estimate of drug-likeness (QED) is 0.792. The number of nitrogens with zero attached hydrogens (tertiary/aromatic N) is 1. The second-order valence-electron chi connectivity index (χ2n) is 8.06. The van der Waals surface area contributed by atoms with E-state index in [1.54, 1.807) is 0 Å². The number of anilines is 1. The molecule has 1 N–H and O–H groups in total. The van der Waals surface area contributed by atoms with Gasteiger partial charge in [0, 0.05) is 19.0 Å². The summed E-state index contributed by atoms with van der Waals surface area (Å²) in [7, 11) is -3.37. The van der Waals surface area contributed by atoms with E-state index in [4.69, 9.17) is 0 Å². The molecule has 2 saturated carbocycles. The summed E-state index contributed by atoms with van der Waals surface area (Å²) >= 11 is 0. The van der Waals surface area contributed by atoms with Gasteiger partial charge in [0.05, 0.1) is 11.9 Å². The van der Waals surface area contributed by atoms with Crippen molar-refractivity contribution in [2.24, 2.45) is 11.8 Å². The Morgan fingerprint density at radius 3 is 2.54 bits per heavy atom. The summed E-state index contributed by atoms with van der Waals surface area (Å²) in [5, 5.41) is 3.17. The zero-order valence-corrected chi connectivity index (χ0v) is 16.8. The van der Waals surface area contributed by atoms with Gasteiger partial charge in [-0.3, -0.25) is 9.10 Å². The van der Waals surface area contributed by atoms with Gasteiger partial charge in [-0.25, -0.2) is 8.42 Å². The molecule has 0 aromatic heterocycles. The summed E-state index contributed by atoms with van der Waals surface area (Å²) in [4.78, 5) is 12.3. The highest BCUT2D eigenvalue weighted by Gasteiger charge is 2.39. The lowest BCUT2D eigenvalue weighted by Gasteiger charge is -2.24. The fourth-order valence-electron chi connectivity index (χ4n) is 4.45. The summed E-state index contributed by atoms with van der Waals surface area (Å²) in [5.74, 6) is 1.51. The number of carbonyl (C=O) groups is 1. The van der Waals surface area contributed by atoms with Crippen LogP contribution in [0.4, 0.5) is 5.69 Å². The molecule has 0 saturated heterocycles. The molecule has 1 aromatic rings. The van der Waals surface area contributed by atoms with Crippen LogP contribution in [0.2, 0.25) is 0 Å². The van der Waals surface area contributed by atoms with Crippen molar-refractivity contribution in [1.82, 2.24) is 5.32 Å². The van der Waals surface area contributed by atoms with Gasteiger partial charge in [0.15, 0.2) is 0 Å². The third-order valence-corrected chi connectivity index (χ3v) is 7.22. The first kappa shape index (κ1) is 19.2. The van der Waals surface area contributed by atoms with E-state index >= 15 is 0 Å². The molecule has 5 nitrogen and oxygen atoms in total. The minimum absolute atomic E-state index is 0.0519. The molecule has 26 heavy (non-hydrogen) atoms. The van der Waals surface area contributed by atoms with E-state index in [-0.39, 0.29) is 5.91 Å². The van der Waals surface area contributed by atoms with E-state index in [2.05, 4.69) is 5.32 Å². The van der Waals surface area contributed by atoms with Crippen molar-refractivity contribution < 1.29 is 13.2 Å². The van der Waals surface area contributed by atoms with Crippen molar-refractivity contribution in [1.29, 1.82) is 0 Å². The van der Waals surface area contributed by atoms with Gasteiger partial charge in [-0.05, 0) is 74.6 Å². The van der Waals surface area contributed by atoms with Crippen LogP contribution in [0.25, 0.3) is 0 Å². The normalized spacial score (nSPS) is 24.7. The second-order valence-corrected chi connectivity index (χ2v) is 9.96. The number of sulfonamides is 1. The number of rotatable bonds is 7. The Hall–Kier alpha value is -1.56. The molecular formula is C20H30N2O3S. The Kier molecular flexibility index (Phi) is 5.61. The maximum absolute atomic E-state index is 12.3. The summed E-state index contributed by atoms with van der Waals surface area (Å²) in [5.41, 5.74) is 2.86. The van der Waals surface area contributed by atoms with E-state index < -0.39 is 10.0 Å². The van der Waals surface area contributed by atoms with E-state index in [1.807, 2.05) is 32.0 Å². The lowest BCUT2D eigenvalue weighted by Crippen LogP contribution is -2.39. The molecule has 2 aliphatic rings. The van der Waals surface area contributed by atoms with Crippen LogP contribution in [-0.2, 0) is 14.8 Å². The van der Waals surface area contributed by atoms with Crippen LogP contribution >= 0.6 is 0 Å². The number of hydrogen-bond acceptors (Lipinski definition) is 3. The molecule has 3 rings (SSSR count). The highest BCUT2D eigenvalue weighted by atomic mass is 32.2. The molecule has 2 fully saturated rings. The van der Waals surface area contributed by atoms with Crippen LogP contribution in [0.5, 0.6) is 0 Å². The SMILES string of the molecule is Cc1ccc(N(CCCC(=O)N[C@@H]2C[C@H]3CC[C@H]2C3)S(C)(=O)=O)cc1C. The van der Waals surface area contributed by atoms with Gasteiger partial charge in [0.1, 0.15) is 0 Å². The Morgan fingerprint density at radius 1 is 1.19 bits per heavy atom. The van der Waals surface area contributed by atoms with Crippen molar-refractivity contribution in [3.8, 4) is 0 Å².